The lowest BCUT2D eigenvalue weighted by molar-refractivity contribution is 0.566. The molecule has 2 N–H and O–H groups in total. The first-order chi connectivity index (χ1) is 8.17. The molecule has 0 aromatic carbocycles. The van der Waals surface area contributed by atoms with E-state index >= 15 is 0 Å². The molecule has 0 atom stereocenters. The van der Waals surface area contributed by atoms with Crippen molar-refractivity contribution in [2.45, 2.75) is 65.8 Å². The van der Waals surface area contributed by atoms with Gasteiger partial charge < -0.3 is 10.3 Å². The molecular formula is C14H27N3. The Morgan fingerprint density at radius 3 is 2.59 bits per heavy atom. The minimum Gasteiger partial charge on any atom is -0.346 e. The molecule has 1 heterocycles. The van der Waals surface area contributed by atoms with Crippen LogP contribution in [0.3, 0.4) is 0 Å². The summed E-state index contributed by atoms with van der Waals surface area (Å²) in [6, 6.07) is 0.577. The summed E-state index contributed by atoms with van der Waals surface area (Å²) in [7, 11) is 0. The van der Waals surface area contributed by atoms with E-state index in [1.807, 2.05) is 0 Å². The third kappa shape index (κ3) is 4.90. The summed E-state index contributed by atoms with van der Waals surface area (Å²) in [6.45, 7) is 9.83. The number of hydrogen-bond acceptors (Lipinski definition) is 2. The van der Waals surface area contributed by atoms with Gasteiger partial charge in [-0.05, 0) is 25.8 Å². The Labute approximate surface area is 105 Å². The van der Waals surface area contributed by atoms with Gasteiger partial charge in [-0.2, -0.15) is 0 Å². The van der Waals surface area contributed by atoms with Crippen molar-refractivity contribution in [2.75, 3.05) is 6.54 Å². The molecule has 1 rings (SSSR count). The van der Waals surface area contributed by atoms with E-state index in [4.69, 9.17) is 0 Å². The molecule has 1 aromatic heterocycles. The third-order valence-corrected chi connectivity index (χ3v) is 2.89. The zero-order valence-corrected chi connectivity index (χ0v) is 11.8. The maximum absolute atomic E-state index is 4.68. The number of H-pyrrole nitrogens is 1. The molecular weight excluding hydrogens is 210 g/mol. The van der Waals surface area contributed by atoms with Crippen LogP contribution in [0.15, 0.2) is 0 Å². The lowest BCUT2D eigenvalue weighted by atomic mass is 10.2. The molecule has 98 valence electrons. The molecule has 0 spiro atoms. The topological polar surface area (TPSA) is 40.7 Å². The van der Waals surface area contributed by atoms with Crippen LogP contribution in [0.5, 0.6) is 0 Å². The summed E-state index contributed by atoms with van der Waals surface area (Å²) in [5.74, 6) is 1.16. The number of rotatable bonds is 8. The van der Waals surface area contributed by atoms with Gasteiger partial charge in [-0.15, -0.1) is 0 Å². The summed E-state index contributed by atoms with van der Waals surface area (Å²) < 4.78 is 0. The highest BCUT2D eigenvalue weighted by molar-refractivity contribution is 5.15. The van der Waals surface area contributed by atoms with Gasteiger partial charge in [0.2, 0.25) is 0 Å². The lowest BCUT2D eigenvalue weighted by Crippen LogP contribution is -2.24. The molecule has 0 amide bonds. The maximum Gasteiger partial charge on any atom is 0.106 e. The average Bonchev–Trinajstić information content (AvgIpc) is 2.67. The Morgan fingerprint density at radius 1 is 1.24 bits per heavy atom. The third-order valence-electron chi connectivity index (χ3n) is 2.89. The molecule has 0 bridgehead atoms. The highest BCUT2D eigenvalue weighted by Gasteiger charge is 2.07. The van der Waals surface area contributed by atoms with Gasteiger partial charge in [-0.1, -0.05) is 34.1 Å². The average molecular weight is 237 g/mol. The van der Waals surface area contributed by atoms with E-state index in [1.165, 1.54) is 17.8 Å². The number of aromatic amines is 1. The van der Waals surface area contributed by atoms with Gasteiger partial charge in [0.15, 0.2) is 0 Å². The second kappa shape index (κ2) is 7.49. The Morgan fingerprint density at radius 2 is 2.00 bits per heavy atom. The van der Waals surface area contributed by atoms with Gasteiger partial charge in [0, 0.05) is 18.2 Å². The fraction of sp³-hybridized carbons (Fsp3) is 0.786. The Balaban J connectivity index is 2.42. The number of nitrogens with one attached hydrogen (secondary N) is 2. The summed E-state index contributed by atoms with van der Waals surface area (Å²) >= 11 is 0. The van der Waals surface area contributed by atoms with Crippen molar-refractivity contribution in [1.82, 2.24) is 15.3 Å². The summed E-state index contributed by atoms with van der Waals surface area (Å²) in [4.78, 5) is 8.16. The number of aromatic nitrogens is 2. The van der Waals surface area contributed by atoms with Crippen molar-refractivity contribution >= 4 is 0 Å². The maximum atomic E-state index is 4.68. The molecule has 0 fully saturated rings. The molecule has 0 aliphatic rings. The van der Waals surface area contributed by atoms with Crippen molar-refractivity contribution in [3.05, 3.63) is 17.2 Å². The molecule has 0 saturated carbocycles. The molecule has 3 nitrogen and oxygen atoms in total. The quantitative estimate of drug-likeness (QED) is 0.683. The first kappa shape index (κ1) is 14.2. The molecule has 0 radical (unpaired) electrons. The van der Waals surface area contributed by atoms with Crippen molar-refractivity contribution < 1.29 is 0 Å². The van der Waals surface area contributed by atoms with Crippen molar-refractivity contribution in [1.29, 1.82) is 0 Å². The van der Waals surface area contributed by atoms with Gasteiger partial charge in [-0.3, -0.25) is 0 Å². The van der Waals surface area contributed by atoms with Gasteiger partial charge in [0.25, 0.3) is 0 Å². The highest BCUT2D eigenvalue weighted by Crippen LogP contribution is 2.10. The SMILES string of the molecule is CCCc1[nH]c(CCCNC(C)C)nc1CC. The Bertz CT molecular complexity index is 315. The van der Waals surface area contributed by atoms with E-state index in [0.29, 0.717) is 6.04 Å². The highest BCUT2D eigenvalue weighted by atomic mass is 14.9. The summed E-state index contributed by atoms with van der Waals surface area (Å²) in [5, 5.41) is 3.43. The number of imidazole rings is 1. The van der Waals surface area contributed by atoms with Crippen LogP contribution >= 0.6 is 0 Å². The predicted octanol–water partition coefficient (Wildman–Crippen LogP) is 2.86. The van der Waals surface area contributed by atoms with Crippen LogP contribution in [0.2, 0.25) is 0 Å². The zero-order chi connectivity index (χ0) is 12.7. The van der Waals surface area contributed by atoms with Crippen LogP contribution in [0, 0.1) is 0 Å². The molecule has 17 heavy (non-hydrogen) atoms. The second-order valence-electron chi connectivity index (χ2n) is 4.92. The number of hydrogen-bond donors (Lipinski definition) is 2. The summed E-state index contributed by atoms with van der Waals surface area (Å²) in [6.07, 6.45) is 5.55. The summed E-state index contributed by atoms with van der Waals surface area (Å²) in [5.41, 5.74) is 2.61. The fourth-order valence-electron chi connectivity index (χ4n) is 2.02. The normalized spacial score (nSPS) is 11.4. The molecule has 0 aliphatic carbocycles. The van der Waals surface area contributed by atoms with Crippen molar-refractivity contribution in [3.8, 4) is 0 Å². The van der Waals surface area contributed by atoms with Crippen LogP contribution in [-0.4, -0.2) is 22.6 Å². The largest absolute Gasteiger partial charge is 0.346 e. The van der Waals surface area contributed by atoms with Crippen LogP contribution in [0.1, 0.15) is 57.7 Å². The van der Waals surface area contributed by atoms with Gasteiger partial charge >= 0.3 is 0 Å². The monoisotopic (exact) mass is 237 g/mol. The first-order valence-electron chi connectivity index (χ1n) is 6.97. The van der Waals surface area contributed by atoms with Gasteiger partial charge in [-0.25, -0.2) is 4.98 Å². The predicted molar refractivity (Wildman–Crippen MR) is 73.4 cm³/mol. The van der Waals surface area contributed by atoms with Crippen LogP contribution < -0.4 is 5.32 Å². The van der Waals surface area contributed by atoms with Gasteiger partial charge in [0.05, 0.1) is 5.69 Å². The molecule has 3 heteroatoms. The molecule has 0 aliphatic heterocycles. The van der Waals surface area contributed by atoms with E-state index in [-0.39, 0.29) is 0 Å². The smallest absolute Gasteiger partial charge is 0.106 e. The minimum absolute atomic E-state index is 0.577. The van der Waals surface area contributed by atoms with Crippen molar-refractivity contribution in [2.24, 2.45) is 0 Å². The van der Waals surface area contributed by atoms with E-state index in [2.05, 4.69) is 43.0 Å². The van der Waals surface area contributed by atoms with E-state index in [1.54, 1.807) is 0 Å². The standard InChI is InChI=1S/C14H27N3/c1-5-8-13-12(6-2)16-14(17-13)9-7-10-15-11(3)4/h11,15H,5-10H2,1-4H3,(H,16,17). The number of aryl methyl sites for hydroxylation is 3. The molecule has 0 saturated heterocycles. The van der Waals surface area contributed by atoms with E-state index in [9.17, 15) is 0 Å². The van der Waals surface area contributed by atoms with Crippen molar-refractivity contribution in [3.63, 3.8) is 0 Å². The minimum atomic E-state index is 0.577. The fourth-order valence-corrected chi connectivity index (χ4v) is 2.02. The Hall–Kier alpha value is -0.830. The molecule has 0 unspecified atom stereocenters. The Kier molecular flexibility index (Phi) is 6.27. The zero-order valence-electron chi connectivity index (χ0n) is 11.8. The van der Waals surface area contributed by atoms with E-state index < -0.39 is 0 Å². The van der Waals surface area contributed by atoms with Crippen LogP contribution in [0.4, 0.5) is 0 Å². The first-order valence-corrected chi connectivity index (χ1v) is 6.97. The lowest BCUT2D eigenvalue weighted by Gasteiger charge is -2.06. The van der Waals surface area contributed by atoms with Gasteiger partial charge in [0.1, 0.15) is 5.82 Å². The second-order valence-corrected chi connectivity index (χ2v) is 4.92. The van der Waals surface area contributed by atoms with Crippen LogP contribution in [-0.2, 0) is 19.3 Å². The molecule has 1 aromatic rings. The van der Waals surface area contributed by atoms with Crippen LogP contribution in [0.25, 0.3) is 0 Å². The van der Waals surface area contributed by atoms with E-state index in [0.717, 1.165) is 38.1 Å². The number of nitrogens with zero attached hydrogens (tertiary/aromatic N) is 1.